The lowest BCUT2D eigenvalue weighted by atomic mass is 9.88. The Morgan fingerprint density at radius 3 is 1.94 bits per heavy atom. The lowest BCUT2D eigenvalue weighted by Crippen LogP contribution is -2.43. The molecule has 2 aromatic carbocycles. The molecule has 0 fully saturated rings. The predicted octanol–water partition coefficient (Wildman–Crippen LogP) is 4.45. The Morgan fingerprint density at radius 2 is 1.48 bits per heavy atom. The van der Waals surface area contributed by atoms with Gasteiger partial charge in [0, 0.05) is 32.3 Å². The van der Waals surface area contributed by atoms with Gasteiger partial charge in [0.05, 0.1) is 5.75 Å². The SMILES string of the molecule is CN=C(NCCC(c1ccccc1)c1ccccc1)NCC(C)(C)CCS(C)(=O)=O.I. The fraction of sp³-hybridized carbons (Fsp3) is 0.458. The summed E-state index contributed by atoms with van der Waals surface area (Å²) in [4.78, 5) is 4.32. The molecule has 0 atom stereocenters. The van der Waals surface area contributed by atoms with E-state index in [0.717, 1.165) is 18.9 Å². The summed E-state index contributed by atoms with van der Waals surface area (Å²) in [6.07, 6.45) is 2.83. The average molecular weight is 558 g/mol. The summed E-state index contributed by atoms with van der Waals surface area (Å²) in [5, 5.41) is 6.75. The molecule has 172 valence electrons. The highest BCUT2D eigenvalue weighted by Crippen LogP contribution is 2.27. The summed E-state index contributed by atoms with van der Waals surface area (Å²) in [5.74, 6) is 1.25. The number of nitrogens with zero attached hydrogens (tertiary/aromatic N) is 1. The number of hydrogen-bond acceptors (Lipinski definition) is 3. The minimum Gasteiger partial charge on any atom is -0.356 e. The van der Waals surface area contributed by atoms with Gasteiger partial charge in [-0.25, -0.2) is 8.42 Å². The van der Waals surface area contributed by atoms with Crippen LogP contribution in [-0.4, -0.2) is 46.5 Å². The van der Waals surface area contributed by atoms with Crippen molar-refractivity contribution in [2.45, 2.75) is 32.6 Å². The van der Waals surface area contributed by atoms with Crippen LogP contribution >= 0.6 is 24.0 Å². The van der Waals surface area contributed by atoms with E-state index in [4.69, 9.17) is 0 Å². The zero-order valence-corrected chi connectivity index (χ0v) is 22.1. The van der Waals surface area contributed by atoms with Crippen LogP contribution in [0, 0.1) is 5.41 Å². The van der Waals surface area contributed by atoms with E-state index in [9.17, 15) is 8.42 Å². The zero-order chi connectivity index (χ0) is 22.0. The summed E-state index contributed by atoms with van der Waals surface area (Å²) in [7, 11) is -1.20. The maximum Gasteiger partial charge on any atom is 0.190 e. The van der Waals surface area contributed by atoms with Crippen LogP contribution in [-0.2, 0) is 9.84 Å². The van der Waals surface area contributed by atoms with Gasteiger partial charge >= 0.3 is 0 Å². The highest BCUT2D eigenvalue weighted by Gasteiger charge is 2.21. The smallest absolute Gasteiger partial charge is 0.190 e. The van der Waals surface area contributed by atoms with E-state index in [2.05, 4.69) is 78.0 Å². The number of aliphatic imine (C=N–C) groups is 1. The Kier molecular flexibility index (Phi) is 11.5. The third kappa shape index (κ3) is 10.5. The largest absolute Gasteiger partial charge is 0.356 e. The molecule has 0 aromatic heterocycles. The Balaban J connectivity index is 0.00000480. The molecule has 0 aliphatic carbocycles. The molecular weight excluding hydrogens is 521 g/mol. The minimum atomic E-state index is -2.95. The molecule has 2 rings (SSSR count). The van der Waals surface area contributed by atoms with Gasteiger partial charge in [-0.05, 0) is 29.4 Å². The molecule has 0 amide bonds. The molecule has 0 unspecified atom stereocenters. The number of nitrogens with one attached hydrogen (secondary N) is 2. The van der Waals surface area contributed by atoms with Crippen molar-refractivity contribution in [3.8, 4) is 0 Å². The first-order chi connectivity index (χ1) is 14.2. The predicted molar refractivity (Wildman–Crippen MR) is 142 cm³/mol. The second-order valence-corrected chi connectivity index (χ2v) is 10.8. The van der Waals surface area contributed by atoms with Crippen molar-refractivity contribution in [2.24, 2.45) is 10.4 Å². The molecule has 0 bridgehead atoms. The van der Waals surface area contributed by atoms with Crippen molar-refractivity contribution >= 4 is 39.8 Å². The van der Waals surface area contributed by atoms with Crippen LogP contribution in [0.5, 0.6) is 0 Å². The summed E-state index contributed by atoms with van der Waals surface area (Å²) in [6, 6.07) is 21.1. The molecule has 0 saturated heterocycles. The first-order valence-electron chi connectivity index (χ1n) is 10.4. The lowest BCUT2D eigenvalue weighted by molar-refractivity contribution is 0.348. The maximum atomic E-state index is 11.5. The molecular formula is C24H36IN3O2S. The molecule has 0 saturated carbocycles. The molecule has 0 radical (unpaired) electrons. The zero-order valence-electron chi connectivity index (χ0n) is 19.0. The molecule has 0 aliphatic heterocycles. The third-order valence-electron chi connectivity index (χ3n) is 5.24. The number of sulfone groups is 1. The first-order valence-corrected chi connectivity index (χ1v) is 12.5. The fourth-order valence-corrected chi connectivity index (χ4v) is 4.25. The van der Waals surface area contributed by atoms with Gasteiger partial charge in [-0.1, -0.05) is 74.5 Å². The third-order valence-corrected chi connectivity index (χ3v) is 6.18. The Hall–Kier alpha value is -1.61. The summed E-state index contributed by atoms with van der Waals surface area (Å²) in [5.41, 5.74) is 2.46. The van der Waals surface area contributed by atoms with Crippen LogP contribution in [0.2, 0.25) is 0 Å². The number of hydrogen-bond donors (Lipinski definition) is 2. The van der Waals surface area contributed by atoms with Crippen LogP contribution in [0.15, 0.2) is 65.7 Å². The van der Waals surface area contributed by atoms with E-state index >= 15 is 0 Å². The van der Waals surface area contributed by atoms with Gasteiger partial charge in [0.15, 0.2) is 5.96 Å². The Bertz CT molecular complexity index is 861. The Labute approximate surface area is 205 Å². The van der Waals surface area contributed by atoms with Gasteiger partial charge in [-0.3, -0.25) is 4.99 Å². The lowest BCUT2D eigenvalue weighted by Gasteiger charge is -2.26. The van der Waals surface area contributed by atoms with Crippen LogP contribution < -0.4 is 10.6 Å². The average Bonchev–Trinajstić information content (AvgIpc) is 2.73. The van der Waals surface area contributed by atoms with Gasteiger partial charge in [-0.2, -0.15) is 0 Å². The van der Waals surface area contributed by atoms with Gasteiger partial charge in [0.25, 0.3) is 0 Å². The molecule has 7 heteroatoms. The van der Waals surface area contributed by atoms with E-state index in [0.29, 0.717) is 18.9 Å². The highest BCUT2D eigenvalue weighted by atomic mass is 127. The van der Waals surface area contributed by atoms with Crippen LogP contribution in [0.1, 0.15) is 43.7 Å². The van der Waals surface area contributed by atoms with E-state index in [-0.39, 0.29) is 35.1 Å². The maximum absolute atomic E-state index is 11.5. The monoisotopic (exact) mass is 557 g/mol. The molecule has 31 heavy (non-hydrogen) atoms. The van der Waals surface area contributed by atoms with Gasteiger partial charge in [0.2, 0.25) is 0 Å². The molecule has 2 N–H and O–H groups in total. The van der Waals surface area contributed by atoms with Crippen molar-refractivity contribution in [1.82, 2.24) is 10.6 Å². The summed E-state index contributed by atoms with van der Waals surface area (Å²) >= 11 is 0. The molecule has 5 nitrogen and oxygen atoms in total. The van der Waals surface area contributed by atoms with Gasteiger partial charge < -0.3 is 10.6 Å². The standard InChI is InChI=1S/C24H35N3O2S.HI/c1-24(2,16-18-30(4,28)29)19-27-23(25-3)26-17-15-22(20-11-7-5-8-12-20)21-13-9-6-10-14-21;/h5-14,22H,15-19H2,1-4H3,(H2,25,26,27);1H. The summed E-state index contributed by atoms with van der Waals surface area (Å²) in [6.45, 7) is 5.57. The first kappa shape index (κ1) is 27.4. The van der Waals surface area contributed by atoms with Gasteiger partial charge in [0.1, 0.15) is 9.84 Å². The van der Waals surface area contributed by atoms with E-state index in [1.807, 2.05) is 12.1 Å². The number of guanidine groups is 1. The molecule has 2 aromatic rings. The molecule has 0 heterocycles. The van der Waals surface area contributed by atoms with E-state index < -0.39 is 9.84 Å². The van der Waals surface area contributed by atoms with Gasteiger partial charge in [-0.15, -0.1) is 24.0 Å². The second-order valence-electron chi connectivity index (χ2n) is 8.56. The van der Waals surface area contributed by atoms with E-state index in [1.54, 1.807) is 7.05 Å². The van der Waals surface area contributed by atoms with E-state index in [1.165, 1.54) is 17.4 Å². The number of halogens is 1. The topological polar surface area (TPSA) is 70.6 Å². The quantitative estimate of drug-likeness (QED) is 0.257. The highest BCUT2D eigenvalue weighted by molar-refractivity contribution is 14.0. The number of rotatable bonds is 10. The van der Waals surface area contributed by atoms with Crippen molar-refractivity contribution in [3.63, 3.8) is 0 Å². The van der Waals surface area contributed by atoms with Crippen molar-refractivity contribution in [2.75, 3.05) is 32.1 Å². The minimum absolute atomic E-state index is 0. The normalized spacial score (nSPS) is 12.4. The fourth-order valence-electron chi connectivity index (χ4n) is 3.33. The van der Waals surface area contributed by atoms with Crippen molar-refractivity contribution < 1.29 is 8.42 Å². The van der Waals surface area contributed by atoms with Crippen LogP contribution in [0.3, 0.4) is 0 Å². The summed E-state index contributed by atoms with van der Waals surface area (Å²) < 4.78 is 22.9. The Morgan fingerprint density at radius 1 is 0.968 bits per heavy atom. The van der Waals surface area contributed by atoms with Crippen molar-refractivity contribution in [1.29, 1.82) is 0 Å². The van der Waals surface area contributed by atoms with Crippen molar-refractivity contribution in [3.05, 3.63) is 71.8 Å². The molecule has 0 spiro atoms. The van der Waals surface area contributed by atoms with Crippen LogP contribution in [0.25, 0.3) is 0 Å². The number of benzene rings is 2. The van der Waals surface area contributed by atoms with Crippen LogP contribution in [0.4, 0.5) is 0 Å². The second kappa shape index (κ2) is 13.1. The molecule has 0 aliphatic rings.